The van der Waals surface area contributed by atoms with Crippen LogP contribution in [-0.4, -0.2) is 15.5 Å². The van der Waals surface area contributed by atoms with Crippen LogP contribution in [-0.2, 0) is 11.3 Å². The molecule has 1 amide bonds. The van der Waals surface area contributed by atoms with Crippen molar-refractivity contribution in [3.8, 4) is 21.8 Å². The third kappa shape index (κ3) is 3.46. The van der Waals surface area contributed by atoms with Gasteiger partial charge in [-0.25, -0.2) is 4.98 Å². The lowest BCUT2D eigenvalue weighted by Crippen LogP contribution is -2.25. The fraction of sp³-hybridized carbons (Fsp3) is 0.136. The Morgan fingerprint density at radius 1 is 1.07 bits per heavy atom. The molecule has 4 aromatic rings. The van der Waals surface area contributed by atoms with Crippen molar-refractivity contribution < 1.29 is 4.79 Å². The van der Waals surface area contributed by atoms with E-state index in [0.29, 0.717) is 16.0 Å². The van der Waals surface area contributed by atoms with Gasteiger partial charge in [-0.15, -0.1) is 11.3 Å². The molecule has 2 aromatic heterocycles. The van der Waals surface area contributed by atoms with E-state index in [1.54, 1.807) is 4.57 Å². The summed E-state index contributed by atoms with van der Waals surface area (Å²) in [5, 5.41) is 0.560. The van der Waals surface area contributed by atoms with Gasteiger partial charge < -0.3 is 5.73 Å². The van der Waals surface area contributed by atoms with Gasteiger partial charge in [-0.1, -0.05) is 54.1 Å². The second kappa shape index (κ2) is 7.40. The van der Waals surface area contributed by atoms with Crippen LogP contribution in [0.4, 0.5) is 0 Å². The summed E-state index contributed by atoms with van der Waals surface area (Å²) in [5.74, 6) is 0.112. The van der Waals surface area contributed by atoms with Crippen LogP contribution in [0.15, 0.2) is 65.5 Å². The Kier molecular flexibility index (Phi) is 4.79. The Morgan fingerprint density at radius 2 is 1.82 bits per heavy atom. The predicted molar refractivity (Wildman–Crippen MR) is 113 cm³/mol. The number of hydrogen-bond donors (Lipinski definition) is 1. The van der Waals surface area contributed by atoms with Crippen molar-refractivity contribution in [3.05, 3.63) is 76.6 Å². The summed E-state index contributed by atoms with van der Waals surface area (Å²) in [6.07, 6.45) is 0.0849. The number of aryl methyl sites for hydroxylation is 1. The van der Waals surface area contributed by atoms with Gasteiger partial charge in [-0.2, -0.15) is 0 Å². The Balaban J connectivity index is 1.94. The van der Waals surface area contributed by atoms with E-state index in [-0.39, 0.29) is 18.5 Å². The normalized spacial score (nSPS) is 11.0. The van der Waals surface area contributed by atoms with Crippen LogP contribution in [0.1, 0.15) is 12.0 Å². The number of primary amides is 1. The van der Waals surface area contributed by atoms with Gasteiger partial charge in [-0.05, 0) is 24.6 Å². The van der Waals surface area contributed by atoms with Crippen molar-refractivity contribution in [1.82, 2.24) is 9.55 Å². The number of fused-ring (bicyclic) bond motifs is 1. The summed E-state index contributed by atoms with van der Waals surface area (Å²) in [5.41, 5.74) is 8.14. The van der Waals surface area contributed by atoms with E-state index in [1.807, 2.05) is 67.6 Å². The fourth-order valence-electron chi connectivity index (χ4n) is 3.19. The molecule has 0 aliphatic heterocycles. The first-order valence-corrected chi connectivity index (χ1v) is 9.80. The topological polar surface area (TPSA) is 78.0 Å². The van der Waals surface area contributed by atoms with Crippen molar-refractivity contribution in [2.45, 2.75) is 19.9 Å². The van der Waals surface area contributed by atoms with E-state index in [1.165, 1.54) is 11.3 Å². The molecule has 2 heterocycles. The van der Waals surface area contributed by atoms with Crippen LogP contribution in [0.5, 0.6) is 0 Å². The number of nitrogens with zero attached hydrogens (tertiary/aromatic N) is 2. The van der Waals surface area contributed by atoms with Gasteiger partial charge in [0.05, 0.1) is 5.39 Å². The predicted octanol–water partition coefficient (Wildman–Crippen LogP) is 3.98. The molecule has 4 rings (SSSR count). The molecule has 5 nitrogen and oxygen atoms in total. The third-order valence-electron chi connectivity index (χ3n) is 4.57. The maximum Gasteiger partial charge on any atom is 0.262 e. The Bertz CT molecular complexity index is 1230. The summed E-state index contributed by atoms with van der Waals surface area (Å²) < 4.78 is 1.56. The van der Waals surface area contributed by atoms with E-state index in [4.69, 9.17) is 10.7 Å². The molecule has 2 aromatic carbocycles. The van der Waals surface area contributed by atoms with Gasteiger partial charge >= 0.3 is 0 Å². The lowest BCUT2D eigenvalue weighted by molar-refractivity contribution is -0.118. The quantitative estimate of drug-likeness (QED) is 0.561. The smallest absolute Gasteiger partial charge is 0.262 e. The van der Waals surface area contributed by atoms with Gasteiger partial charge in [0, 0.05) is 23.4 Å². The Labute approximate surface area is 166 Å². The van der Waals surface area contributed by atoms with Crippen LogP contribution in [0.3, 0.4) is 0 Å². The molecule has 0 aliphatic rings. The molecule has 0 aliphatic carbocycles. The fourth-order valence-corrected chi connectivity index (χ4v) is 4.22. The molecule has 0 saturated heterocycles. The minimum absolute atomic E-state index is 0.0849. The minimum Gasteiger partial charge on any atom is -0.370 e. The van der Waals surface area contributed by atoms with E-state index >= 15 is 0 Å². The monoisotopic (exact) mass is 389 g/mol. The number of hydrogen-bond acceptors (Lipinski definition) is 4. The van der Waals surface area contributed by atoms with Crippen molar-refractivity contribution in [2.75, 3.05) is 0 Å². The maximum absolute atomic E-state index is 13.2. The number of carbonyl (C=O) groups is 1. The first kappa shape index (κ1) is 18.1. The van der Waals surface area contributed by atoms with Crippen molar-refractivity contribution in [1.29, 1.82) is 0 Å². The number of nitrogens with two attached hydrogens (primary N) is 1. The molecule has 140 valence electrons. The lowest BCUT2D eigenvalue weighted by atomic mass is 10.1. The van der Waals surface area contributed by atoms with E-state index in [9.17, 15) is 9.59 Å². The molecular formula is C22H19N3O2S. The number of aromatic nitrogens is 2. The molecule has 0 unspecified atom stereocenters. The highest BCUT2D eigenvalue weighted by atomic mass is 32.1. The molecule has 28 heavy (non-hydrogen) atoms. The zero-order valence-corrected chi connectivity index (χ0v) is 16.2. The van der Waals surface area contributed by atoms with Gasteiger partial charge in [0.1, 0.15) is 10.7 Å². The molecule has 0 saturated carbocycles. The van der Waals surface area contributed by atoms with Crippen molar-refractivity contribution >= 4 is 27.5 Å². The Hall–Kier alpha value is -3.25. The van der Waals surface area contributed by atoms with Gasteiger partial charge in [0.25, 0.3) is 5.56 Å². The highest BCUT2D eigenvalue weighted by molar-refractivity contribution is 7.21. The highest BCUT2D eigenvalue weighted by Gasteiger charge is 2.16. The van der Waals surface area contributed by atoms with Gasteiger partial charge in [0.2, 0.25) is 5.91 Å². The van der Waals surface area contributed by atoms with Crippen LogP contribution in [0.2, 0.25) is 0 Å². The maximum atomic E-state index is 13.2. The summed E-state index contributed by atoms with van der Waals surface area (Å²) in [7, 11) is 0. The molecule has 0 spiro atoms. The van der Waals surface area contributed by atoms with Crippen LogP contribution in [0.25, 0.3) is 32.0 Å². The summed E-state index contributed by atoms with van der Waals surface area (Å²) >= 11 is 1.49. The van der Waals surface area contributed by atoms with Gasteiger partial charge in [-0.3, -0.25) is 14.2 Å². The SMILES string of the molecule is Cc1cccc(-c2nc3sc(-c4ccccc4)cc3c(=O)n2CCC(N)=O)c1. The Morgan fingerprint density at radius 3 is 2.54 bits per heavy atom. The zero-order chi connectivity index (χ0) is 19.7. The number of thiophene rings is 1. The largest absolute Gasteiger partial charge is 0.370 e. The molecule has 0 radical (unpaired) electrons. The molecule has 0 bridgehead atoms. The van der Waals surface area contributed by atoms with Crippen LogP contribution >= 0.6 is 11.3 Å². The number of rotatable bonds is 5. The van der Waals surface area contributed by atoms with Crippen molar-refractivity contribution in [3.63, 3.8) is 0 Å². The first-order chi connectivity index (χ1) is 13.5. The number of amides is 1. The second-order valence-corrected chi connectivity index (χ2v) is 7.70. The van der Waals surface area contributed by atoms with Crippen molar-refractivity contribution in [2.24, 2.45) is 5.73 Å². The molecule has 0 atom stereocenters. The summed E-state index contributed by atoms with van der Waals surface area (Å²) in [4.78, 5) is 31.0. The molecular weight excluding hydrogens is 370 g/mol. The standard InChI is InChI=1S/C22H19N3O2S/c1-14-6-5-9-16(12-14)20-24-21-17(22(27)25(20)11-10-19(23)26)13-18(28-21)15-7-3-2-4-8-15/h2-9,12-13H,10-11H2,1H3,(H2,23,26). The third-order valence-corrected chi connectivity index (χ3v) is 5.65. The lowest BCUT2D eigenvalue weighted by Gasteiger charge is -2.12. The highest BCUT2D eigenvalue weighted by Crippen LogP contribution is 2.32. The number of carbonyl (C=O) groups excluding carboxylic acids is 1. The molecule has 0 fully saturated rings. The van der Waals surface area contributed by atoms with E-state index in [0.717, 1.165) is 21.6 Å². The van der Waals surface area contributed by atoms with Gasteiger partial charge in [0.15, 0.2) is 0 Å². The first-order valence-electron chi connectivity index (χ1n) is 8.98. The summed E-state index contributed by atoms with van der Waals surface area (Å²) in [6.45, 7) is 2.20. The molecule has 6 heteroatoms. The van der Waals surface area contributed by atoms with Crippen LogP contribution < -0.4 is 11.3 Å². The zero-order valence-electron chi connectivity index (χ0n) is 15.4. The van der Waals surface area contributed by atoms with E-state index in [2.05, 4.69) is 0 Å². The average Bonchev–Trinajstić information content (AvgIpc) is 3.12. The summed E-state index contributed by atoms with van der Waals surface area (Å²) in [6, 6.07) is 19.6. The van der Waals surface area contributed by atoms with Crippen LogP contribution in [0, 0.1) is 6.92 Å². The second-order valence-electron chi connectivity index (χ2n) is 6.67. The number of benzene rings is 2. The van der Waals surface area contributed by atoms with E-state index < -0.39 is 5.91 Å². The minimum atomic E-state index is -0.447. The molecule has 2 N–H and O–H groups in total. The average molecular weight is 389 g/mol.